The molecule has 0 unspecified atom stereocenters. The molecule has 0 aromatic heterocycles. The molecule has 3 rings (SSSR count). The first-order chi connectivity index (χ1) is 10.3. The molecule has 0 heterocycles. The van der Waals surface area contributed by atoms with Crippen molar-refractivity contribution in [2.24, 2.45) is 0 Å². The van der Waals surface area contributed by atoms with Crippen molar-refractivity contribution in [1.82, 2.24) is 5.32 Å². The highest BCUT2D eigenvalue weighted by Gasteiger charge is 2.23. The van der Waals surface area contributed by atoms with Gasteiger partial charge in [-0.3, -0.25) is 0 Å². The first-order valence-corrected chi connectivity index (χ1v) is 7.52. The van der Waals surface area contributed by atoms with Crippen LogP contribution in [0.3, 0.4) is 0 Å². The number of benzene rings is 2. The van der Waals surface area contributed by atoms with Gasteiger partial charge in [-0.05, 0) is 48.7 Å². The molecule has 2 aromatic carbocycles. The van der Waals surface area contributed by atoms with Gasteiger partial charge in [-0.2, -0.15) is 0 Å². The number of nitrogens with one attached hydrogen (secondary N) is 1. The van der Waals surface area contributed by atoms with Gasteiger partial charge in [0.2, 0.25) is 0 Å². The molecule has 110 valence electrons. The number of ether oxygens (including phenoxy) is 1. The van der Waals surface area contributed by atoms with Crippen molar-refractivity contribution in [3.8, 4) is 16.9 Å². The summed E-state index contributed by atoms with van der Waals surface area (Å²) in [5.74, 6) is 0.639. The Bertz CT molecular complexity index is 622. The molecule has 1 N–H and O–H groups in total. The van der Waals surface area contributed by atoms with Crippen LogP contribution in [0.1, 0.15) is 25.3 Å². The van der Waals surface area contributed by atoms with Crippen LogP contribution in [0.2, 0.25) is 0 Å². The second-order valence-electron chi connectivity index (χ2n) is 5.44. The van der Waals surface area contributed by atoms with Crippen molar-refractivity contribution in [1.29, 1.82) is 0 Å². The lowest BCUT2D eigenvalue weighted by Gasteiger charge is -2.09. The zero-order valence-corrected chi connectivity index (χ0v) is 12.2. The minimum absolute atomic E-state index is 0.186. The summed E-state index contributed by atoms with van der Waals surface area (Å²) in [4.78, 5) is 0. The van der Waals surface area contributed by atoms with Gasteiger partial charge in [0.25, 0.3) is 0 Å². The predicted molar refractivity (Wildman–Crippen MR) is 82.9 cm³/mol. The second-order valence-corrected chi connectivity index (χ2v) is 5.44. The summed E-state index contributed by atoms with van der Waals surface area (Å²) in [6, 6.07) is 13.1. The minimum atomic E-state index is -0.186. The Morgan fingerprint density at radius 2 is 2.05 bits per heavy atom. The van der Waals surface area contributed by atoms with E-state index in [0.29, 0.717) is 18.2 Å². The van der Waals surface area contributed by atoms with Gasteiger partial charge in [0.1, 0.15) is 11.6 Å². The average Bonchev–Trinajstić information content (AvgIpc) is 3.29. The third-order valence-corrected chi connectivity index (χ3v) is 3.58. The Hall–Kier alpha value is -1.87. The number of rotatable bonds is 6. The van der Waals surface area contributed by atoms with Crippen LogP contribution in [-0.2, 0) is 6.54 Å². The maximum absolute atomic E-state index is 14.3. The summed E-state index contributed by atoms with van der Waals surface area (Å²) in [6.07, 6.45) is 2.60. The standard InChI is InChI=1S/C18H20FNO/c1-2-20-12-13-6-9-17(18(19)10-13)14-4-3-5-16(11-14)21-15-7-8-15/h3-6,9-11,15,20H,2,7-8,12H2,1H3. The van der Waals surface area contributed by atoms with Crippen molar-refractivity contribution in [3.63, 3.8) is 0 Å². The first-order valence-electron chi connectivity index (χ1n) is 7.52. The molecule has 3 heteroatoms. The lowest BCUT2D eigenvalue weighted by molar-refractivity contribution is 0.303. The van der Waals surface area contributed by atoms with E-state index >= 15 is 0 Å². The third kappa shape index (κ3) is 3.61. The van der Waals surface area contributed by atoms with E-state index in [4.69, 9.17) is 4.74 Å². The van der Waals surface area contributed by atoms with Crippen LogP contribution in [0.5, 0.6) is 5.75 Å². The maximum Gasteiger partial charge on any atom is 0.131 e. The van der Waals surface area contributed by atoms with Crippen LogP contribution in [0, 0.1) is 5.82 Å². The van der Waals surface area contributed by atoms with Crippen LogP contribution in [0.4, 0.5) is 4.39 Å². The molecule has 0 bridgehead atoms. The normalized spacial score (nSPS) is 14.2. The molecule has 2 nitrogen and oxygen atoms in total. The highest BCUT2D eigenvalue weighted by Crippen LogP contribution is 2.31. The summed E-state index contributed by atoms with van der Waals surface area (Å²) >= 11 is 0. The van der Waals surface area contributed by atoms with E-state index in [2.05, 4.69) is 5.32 Å². The Labute approximate surface area is 125 Å². The summed E-state index contributed by atoms with van der Waals surface area (Å²) in [5, 5.41) is 3.20. The van der Waals surface area contributed by atoms with Crippen LogP contribution in [-0.4, -0.2) is 12.6 Å². The molecule has 0 atom stereocenters. The SMILES string of the molecule is CCNCc1ccc(-c2cccc(OC3CC3)c2)c(F)c1. The highest BCUT2D eigenvalue weighted by molar-refractivity contribution is 5.66. The largest absolute Gasteiger partial charge is 0.490 e. The van der Waals surface area contributed by atoms with E-state index in [1.807, 2.05) is 43.3 Å². The Balaban J connectivity index is 1.82. The molecule has 0 amide bonds. The average molecular weight is 285 g/mol. The molecule has 0 saturated heterocycles. The summed E-state index contributed by atoms with van der Waals surface area (Å²) in [5.41, 5.74) is 2.45. The number of hydrogen-bond acceptors (Lipinski definition) is 2. The van der Waals surface area contributed by atoms with Crippen LogP contribution in [0.15, 0.2) is 42.5 Å². The monoisotopic (exact) mass is 285 g/mol. The van der Waals surface area contributed by atoms with Gasteiger partial charge < -0.3 is 10.1 Å². The molecule has 0 spiro atoms. The number of halogens is 1. The molecule has 1 fully saturated rings. The molecule has 0 radical (unpaired) electrons. The summed E-state index contributed by atoms with van der Waals surface area (Å²) < 4.78 is 20.1. The van der Waals surface area contributed by atoms with Crippen molar-refractivity contribution in [3.05, 3.63) is 53.8 Å². The summed E-state index contributed by atoms with van der Waals surface area (Å²) in [6.45, 7) is 3.61. The molecule has 1 saturated carbocycles. The van der Waals surface area contributed by atoms with Gasteiger partial charge in [-0.25, -0.2) is 4.39 Å². The van der Waals surface area contributed by atoms with E-state index < -0.39 is 0 Å². The molecule has 2 aromatic rings. The van der Waals surface area contributed by atoms with Crippen molar-refractivity contribution in [2.45, 2.75) is 32.4 Å². The van der Waals surface area contributed by atoms with E-state index in [0.717, 1.165) is 36.3 Å². The van der Waals surface area contributed by atoms with Crippen molar-refractivity contribution >= 4 is 0 Å². The zero-order chi connectivity index (χ0) is 14.7. The fourth-order valence-electron chi connectivity index (χ4n) is 2.29. The van der Waals surface area contributed by atoms with E-state index in [9.17, 15) is 4.39 Å². The molecule has 21 heavy (non-hydrogen) atoms. The fraction of sp³-hybridized carbons (Fsp3) is 0.333. The zero-order valence-electron chi connectivity index (χ0n) is 12.2. The Morgan fingerprint density at radius 3 is 2.76 bits per heavy atom. The maximum atomic E-state index is 14.3. The van der Waals surface area contributed by atoms with Gasteiger partial charge >= 0.3 is 0 Å². The molecular formula is C18H20FNO. The second kappa shape index (κ2) is 6.27. The molecule has 0 aliphatic heterocycles. The third-order valence-electron chi connectivity index (χ3n) is 3.58. The molecule has 1 aliphatic carbocycles. The predicted octanol–water partition coefficient (Wildman–Crippen LogP) is 4.14. The van der Waals surface area contributed by atoms with Crippen LogP contribution in [0.25, 0.3) is 11.1 Å². The van der Waals surface area contributed by atoms with Crippen molar-refractivity contribution < 1.29 is 9.13 Å². The minimum Gasteiger partial charge on any atom is -0.490 e. The smallest absolute Gasteiger partial charge is 0.131 e. The van der Waals surface area contributed by atoms with Crippen LogP contribution < -0.4 is 10.1 Å². The van der Waals surface area contributed by atoms with E-state index in [-0.39, 0.29) is 5.82 Å². The van der Waals surface area contributed by atoms with Gasteiger partial charge in [-0.1, -0.05) is 31.2 Å². The quantitative estimate of drug-likeness (QED) is 0.861. The first kappa shape index (κ1) is 14.1. The fourth-order valence-corrected chi connectivity index (χ4v) is 2.29. The molecule has 1 aliphatic rings. The topological polar surface area (TPSA) is 21.3 Å². The van der Waals surface area contributed by atoms with E-state index in [1.165, 1.54) is 0 Å². The van der Waals surface area contributed by atoms with Gasteiger partial charge in [0, 0.05) is 12.1 Å². The van der Waals surface area contributed by atoms with Gasteiger partial charge in [0.05, 0.1) is 6.10 Å². The van der Waals surface area contributed by atoms with Crippen molar-refractivity contribution in [2.75, 3.05) is 6.54 Å². The van der Waals surface area contributed by atoms with E-state index in [1.54, 1.807) is 6.07 Å². The number of hydrogen-bond donors (Lipinski definition) is 1. The summed E-state index contributed by atoms with van der Waals surface area (Å²) in [7, 11) is 0. The highest BCUT2D eigenvalue weighted by atomic mass is 19.1. The van der Waals surface area contributed by atoms with Crippen LogP contribution >= 0.6 is 0 Å². The Kier molecular flexibility index (Phi) is 4.20. The van der Waals surface area contributed by atoms with Gasteiger partial charge in [-0.15, -0.1) is 0 Å². The molecular weight excluding hydrogens is 265 g/mol. The lowest BCUT2D eigenvalue weighted by atomic mass is 10.0. The Morgan fingerprint density at radius 1 is 1.19 bits per heavy atom. The lowest BCUT2D eigenvalue weighted by Crippen LogP contribution is -2.11. The van der Waals surface area contributed by atoms with Gasteiger partial charge in [0.15, 0.2) is 0 Å².